The summed E-state index contributed by atoms with van der Waals surface area (Å²) in [5, 5.41) is 11.2. The number of hydrogen-bond acceptors (Lipinski definition) is 7. The Labute approximate surface area is 180 Å². The van der Waals surface area contributed by atoms with E-state index < -0.39 is 5.56 Å². The minimum absolute atomic E-state index is 0.0312. The van der Waals surface area contributed by atoms with Gasteiger partial charge in [0.05, 0.1) is 31.2 Å². The number of nitrogens with one attached hydrogen (secondary N) is 1. The average molecular weight is 440 g/mol. The minimum Gasteiger partial charge on any atom is -0.497 e. The van der Waals surface area contributed by atoms with Crippen molar-refractivity contribution < 1.29 is 18.7 Å². The number of Topliss-reactive ketones (excluding diaryl/α,β-unsaturated/α-hetero) is 1. The van der Waals surface area contributed by atoms with Crippen molar-refractivity contribution in [3.05, 3.63) is 70.3 Å². The molecular weight excluding hydrogens is 423 g/mol. The van der Waals surface area contributed by atoms with E-state index in [2.05, 4.69) is 15.3 Å². The Morgan fingerprint density at radius 2 is 1.90 bits per heavy atom. The maximum atomic E-state index is 13.2. The number of nitrogens with zero attached hydrogens (tertiary/aromatic N) is 3. The summed E-state index contributed by atoms with van der Waals surface area (Å²) in [5.41, 5.74) is 1.36. The van der Waals surface area contributed by atoms with Gasteiger partial charge in [-0.2, -0.15) is 5.10 Å². The molecule has 0 saturated heterocycles. The standard InChI is InChI=1S/C21H17FN4O4S/c1-29-14-7-8-19(30-2)15(9-14)18(27)11-31-21-24-23-20(28)17-10-16(25-26(17)21)12-3-5-13(22)6-4-12/h3-10H,11H2,1-2H3,(H,23,28). The average Bonchev–Trinajstić information content (AvgIpc) is 3.25. The fourth-order valence-electron chi connectivity index (χ4n) is 2.99. The summed E-state index contributed by atoms with van der Waals surface area (Å²) in [5.74, 6) is 0.435. The van der Waals surface area contributed by atoms with Gasteiger partial charge in [-0.25, -0.2) is 14.0 Å². The minimum atomic E-state index is -0.425. The molecule has 31 heavy (non-hydrogen) atoms. The van der Waals surface area contributed by atoms with Crippen LogP contribution in [0.25, 0.3) is 16.8 Å². The molecule has 1 N–H and O–H groups in total. The first kappa shape index (κ1) is 20.6. The molecule has 0 saturated carbocycles. The molecule has 4 aromatic rings. The van der Waals surface area contributed by atoms with Gasteiger partial charge >= 0.3 is 0 Å². The zero-order chi connectivity index (χ0) is 22.0. The van der Waals surface area contributed by atoms with Gasteiger partial charge < -0.3 is 9.47 Å². The zero-order valence-corrected chi connectivity index (χ0v) is 17.4. The Kier molecular flexibility index (Phi) is 5.72. The van der Waals surface area contributed by atoms with Crippen LogP contribution in [0.1, 0.15) is 10.4 Å². The molecule has 2 heterocycles. The lowest BCUT2D eigenvalue weighted by molar-refractivity contribution is 0.101. The fraction of sp³-hybridized carbons (Fsp3) is 0.143. The van der Waals surface area contributed by atoms with E-state index in [9.17, 15) is 14.0 Å². The van der Waals surface area contributed by atoms with E-state index in [4.69, 9.17) is 9.47 Å². The Morgan fingerprint density at radius 3 is 2.61 bits per heavy atom. The number of hydrogen-bond donors (Lipinski definition) is 1. The van der Waals surface area contributed by atoms with Gasteiger partial charge in [0.15, 0.2) is 5.78 Å². The third kappa shape index (κ3) is 4.15. The molecule has 0 atom stereocenters. The molecule has 158 valence electrons. The maximum absolute atomic E-state index is 13.2. The Hall–Kier alpha value is -3.66. The lowest BCUT2D eigenvalue weighted by atomic mass is 10.1. The second kappa shape index (κ2) is 8.60. The van der Waals surface area contributed by atoms with Crippen molar-refractivity contribution in [2.75, 3.05) is 20.0 Å². The number of methoxy groups -OCH3 is 2. The number of carbonyl (C=O) groups excluding carboxylic acids is 1. The molecule has 0 amide bonds. The van der Waals surface area contributed by atoms with Crippen molar-refractivity contribution in [1.29, 1.82) is 0 Å². The first-order valence-corrected chi connectivity index (χ1v) is 10.1. The van der Waals surface area contributed by atoms with Crippen LogP contribution in [0.3, 0.4) is 0 Å². The van der Waals surface area contributed by atoms with Crippen LogP contribution in [-0.4, -0.2) is 45.6 Å². The van der Waals surface area contributed by atoms with E-state index in [1.54, 1.807) is 36.4 Å². The molecular formula is C21H17FN4O4S. The second-order valence-electron chi connectivity index (χ2n) is 6.45. The molecule has 0 aliphatic carbocycles. The number of halogens is 1. The molecule has 0 radical (unpaired) electrons. The molecule has 8 nitrogen and oxygen atoms in total. The number of ether oxygens (including phenoxy) is 2. The maximum Gasteiger partial charge on any atom is 0.290 e. The molecule has 4 rings (SSSR count). The van der Waals surface area contributed by atoms with E-state index in [0.717, 1.165) is 11.8 Å². The molecule has 0 unspecified atom stereocenters. The van der Waals surface area contributed by atoms with Crippen molar-refractivity contribution in [2.24, 2.45) is 0 Å². The number of thioether (sulfide) groups is 1. The Bertz CT molecular complexity index is 1320. The predicted molar refractivity (Wildman–Crippen MR) is 114 cm³/mol. The highest BCUT2D eigenvalue weighted by atomic mass is 32.2. The van der Waals surface area contributed by atoms with Crippen molar-refractivity contribution in [1.82, 2.24) is 19.8 Å². The van der Waals surface area contributed by atoms with Crippen LogP contribution in [0.15, 0.2) is 58.5 Å². The van der Waals surface area contributed by atoms with Gasteiger partial charge in [-0.1, -0.05) is 11.8 Å². The van der Waals surface area contributed by atoms with Crippen LogP contribution in [0.4, 0.5) is 4.39 Å². The number of aromatic amines is 1. The van der Waals surface area contributed by atoms with Crippen molar-refractivity contribution in [3.8, 4) is 22.8 Å². The van der Waals surface area contributed by atoms with Gasteiger partial charge in [0.25, 0.3) is 5.56 Å². The zero-order valence-electron chi connectivity index (χ0n) is 16.6. The van der Waals surface area contributed by atoms with Crippen LogP contribution in [0.2, 0.25) is 0 Å². The first-order valence-electron chi connectivity index (χ1n) is 9.12. The number of carbonyl (C=O) groups is 1. The number of aromatic nitrogens is 4. The highest BCUT2D eigenvalue weighted by Crippen LogP contribution is 2.27. The smallest absolute Gasteiger partial charge is 0.290 e. The predicted octanol–water partition coefficient (Wildman–Crippen LogP) is 3.22. The molecule has 0 bridgehead atoms. The quantitative estimate of drug-likeness (QED) is 0.348. The summed E-state index contributed by atoms with van der Waals surface area (Å²) in [7, 11) is 3.00. The van der Waals surface area contributed by atoms with E-state index in [-0.39, 0.29) is 22.9 Å². The number of fused-ring (bicyclic) bond motifs is 1. The molecule has 10 heteroatoms. The van der Waals surface area contributed by atoms with Crippen LogP contribution in [0.5, 0.6) is 11.5 Å². The summed E-state index contributed by atoms with van der Waals surface area (Å²) in [4.78, 5) is 25.0. The Balaban J connectivity index is 1.63. The number of ketones is 1. The number of rotatable bonds is 7. The highest BCUT2D eigenvalue weighted by Gasteiger charge is 2.17. The lowest BCUT2D eigenvalue weighted by Crippen LogP contribution is -2.15. The lowest BCUT2D eigenvalue weighted by Gasteiger charge is -2.09. The molecule has 0 spiro atoms. The van der Waals surface area contributed by atoms with Crippen LogP contribution >= 0.6 is 11.8 Å². The van der Waals surface area contributed by atoms with Gasteiger partial charge in [0, 0.05) is 5.56 Å². The summed E-state index contributed by atoms with van der Waals surface area (Å²) in [6.07, 6.45) is 0. The SMILES string of the molecule is COc1ccc(OC)c(C(=O)CSc2n[nH]c(=O)c3cc(-c4ccc(F)cc4)nn23)c1. The van der Waals surface area contributed by atoms with Crippen molar-refractivity contribution in [2.45, 2.75) is 5.16 Å². The molecule has 0 aliphatic heterocycles. The van der Waals surface area contributed by atoms with E-state index in [1.165, 1.54) is 30.9 Å². The third-order valence-corrected chi connectivity index (χ3v) is 5.48. The summed E-state index contributed by atoms with van der Waals surface area (Å²) in [6, 6.07) is 12.3. The van der Waals surface area contributed by atoms with Gasteiger partial charge in [-0.15, -0.1) is 5.10 Å². The van der Waals surface area contributed by atoms with Crippen LogP contribution < -0.4 is 15.0 Å². The second-order valence-corrected chi connectivity index (χ2v) is 7.39. The molecule has 2 aromatic heterocycles. The van der Waals surface area contributed by atoms with Gasteiger partial charge in [0.1, 0.15) is 22.8 Å². The molecule has 0 fully saturated rings. The topological polar surface area (TPSA) is 98.6 Å². The Morgan fingerprint density at radius 1 is 1.13 bits per heavy atom. The summed E-state index contributed by atoms with van der Waals surface area (Å²) in [6.45, 7) is 0. The van der Waals surface area contributed by atoms with Crippen LogP contribution in [0, 0.1) is 5.82 Å². The monoisotopic (exact) mass is 440 g/mol. The molecule has 0 aliphatic rings. The van der Waals surface area contributed by atoms with E-state index in [0.29, 0.717) is 33.5 Å². The number of H-pyrrole nitrogens is 1. The highest BCUT2D eigenvalue weighted by molar-refractivity contribution is 7.99. The van der Waals surface area contributed by atoms with Gasteiger partial charge in [0.2, 0.25) is 5.16 Å². The van der Waals surface area contributed by atoms with Crippen molar-refractivity contribution >= 4 is 23.1 Å². The summed E-state index contributed by atoms with van der Waals surface area (Å²) >= 11 is 1.12. The molecule has 2 aromatic carbocycles. The van der Waals surface area contributed by atoms with Crippen molar-refractivity contribution in [3.63, 3.8) is 0 Å². The van der Waals surface area contributed by atoms with E-state index >= 15 is 0 Å². The number of benzene rings is 2. The van der Waals surface area contributed by atoms with Crippen LogP contribution in [-0.2, 0) is 0 Å². The van der Waals surface area contributed by atoms with Gasteiger partial charge in [-0.3, -0.25) is 9.59 Å². The largest absolute Gasteiger partial charge is 0.497 e. The summed E-state index contributed by atoms with van der Waals surface area (Å²) < 4.78 is 25.0. The van der Waals surface area contributed by atoms with Gasteiger partial charge in [-0.05, 0) is 48.5 Å². The normalized spacial score (nSPS) is 10.9. The third-order valence-electron chi connectivity index (χ3n) is 4.56. The van der Waals surface area contributed by atoms with E-state index in [1.807, 2.05) is 0 Å². The first-order chi connectivity index (χ1) is 15.0. The fourth-order valence-corrected chi connectivity index (χ4v) is 3.77.